The molecule has 0 aliphatic carbocycles. The van der Waals surface area contributed by atoms with Gasteiger partial charge in [0.25, 0.3) is 5.91 Å². The summed E-state index contributed by atoms with van der Waals surface area (Å²) in [7, 11) is 0. The second kappa shape index (κ2) is 7.87. The van der Waals surface area contributed by atoms with Gasteiger partial charge in [-0.25, -0.2) is 14.6 Å². The number of ether oxygens (including phenoxy) is 1. The minimum absolute atomic E-state index is 0.104. The van der Waals surface area contributed by atoms with E-state index in [0.717, 1.165) is 0 Å². The third-order valence-electron chi connectivity index (χ3n) is 3.06. The highest BCUT2D eigenvalue weighted by molar-refractivity contribution is 6.01. The Morgan fingerprint density at radius 2 is 1.96 bits per heavy atom. The zero-order chi connectivity index (χ0) is 17.5. The normalized spacial score (nSPS) is 11.0. The fraction of sp³-hybridized carbons (Fsp3) is 0.118. The number of carbonyl (C=O) groups excluding carboxylic acids is 1. The molecule has 0 bridgehead atoms. The molecule has 0 radical (unpaired) electrons. The van der Waals surface area contributed by atoms with Gasteiger partial charge in [0.2, 0.25) is 0 Å². The Kier molecular flexibility index (Phi) is 5.62. The number of nitrogens with one attached hydrogen (secondary N) is 1. The van der Waals surface area contributed by atoms with E-state index in [9.17, 15) is 14.0 Å². The first-order chi connectivity index (χ1) is 11.5. The van der Waals surface area contributed by atoms with Crippen LogP contribution in [0.4, 0.5) is 4.39 Å². The van der Waals surface area contributed by atoms with Crippen molar-refractivity contribution in [1.82, 2.24) is 5.43 Å². The van der Waals surface area contributed by atoms with Gasteiger partial charge in [-0.3, -0.25) is 4.79 Å². The van der Waals surface area contributed by atoms with Crippen molar-refractivity contribution in [3.05, 3.63) is 65.5 Å². The van der Waals surface area contributed by atoms with Gasteiger partial charge in [0.05, 0.1) is 11.3 Å². The average molecular weight is 330 g/mol. The predicted octanol–water partition coefficient (Wildman–Crippen LogP) is 2.44. The maximum atomic E-state index is 13.5. The molecular weight excluding hydrogens is 315 g/mol. The molecule has 0 aliphatic heterocycles. The number of hydrogen-bond acceptors (Lipinski definition) is 4. The summed E-state index contributed by atoms with van der Waals surface area (Å²) in [5.41, 5.74) is 3.27. The molecule has 2 aromatic carbocycles. The lowest BCUT2D eigenvalue weighted by Gasteiger charge is -2.07. The zero-order valence-electron chi connectivity index (χ0n) is 12.8. The second-order valence-electron chi connectivity index (χ2n) is 4.83. The van der Waals surface area contributed by atoms with Gasteiger partial charge in [0.1, 0.15) is 11.6 Å². The minimum atomic E-state index is -1.08. The number of carbonyl (C=O) groups is 2. The van der Waals surface area contributed by atoms with E-state index in [1.165, 1.54) is 18.2 Å². The first-order valence-electron chi connectivity index (χ1n) is 7.01. The van der Waals surface area contributed by atoms with Crippen LogP contribution >= 0.6 is 0 Å². The Morgan fingerprint density at radius 1 is 1.21 bits per heavy atom. The fourth-order valence-corrected chi connectivity index (χ4v) is 1.86. The number of benzene rings is 2. The van der Waals surface area contributed by atoms with Crippen LogP contribution in [0.3, 0.4) is 0 Å². The molecule has 0 spiro atoms. The lowest BCUT2D eigenvalue weighted by molar-refractivity contribution is -0.139. The molecule has 2 N–H and O–H groups in total. The van der Waals surface area contributed by atoms with E-state index in [1.807, 2.05) is 0 Å². The smallest absolute Gasteiger partial charge is 0.341 e. The summed E-state index contributed by atoms with van der Waals surface area (Å²) in [6, 6.07) is 12.2. The number of nitrogens with zero attached hydrogens (tertiary/aromatic N) is 1. The summed E-state index contributed by atoms with van der Waals surface area (Å²) >= 11 is 0. The Hall–Kier alpha value is -3.22. The Bertz CT molecular complexity index is 790. The first-order valence-corrected chi connectivity index (χ1v) is 7.01. The third-order valence-corrected chi connectivity index (χ3v) is 3.06. The molecule has 0 heterocycles. The van der Waals surface area contributed by atoms with Crippen molar-refractivity contribution < 1.29 is 23.8 Å². The number of carboxylic acids is 1. The van der Waals surface area contributed by atoms with Gasteiger partial charge in [-0.1, -0.05) is 24.3 Å². The minimum Gasteiger partial charge on any atom is -0.482 e. The number of aliphatic carboxylic acids is 1. The lowest BCUT2D eigenvalue weighted by Crippen LogP contribution is -2.20. The monoisotopic (exact) mass is 330 g/mol. The molecule has 2 rings (SSSR count). The third kappa shape index (κ3) is 4.64. The number of hydrazone groups is 1. The second-order valence-corrected chi connectivity index (χ2v) is 4.83. The van der Waals surface area contributed by atoms with E-state index >= 15 is 0 Å². The van der Waals surface area contributed by atoms with Gasteiger partial charge >= 0.3 is 5.97 Å². The van der Waals surface area contributed by atoms with E-state index in [-0.39, 0.29) is 5.56 Å². The van der Waals surface area contributed by atoms with Crippen molar-refractivity contribution >= 4 is 17.6 Å². The van der Waals surface area contributed by atoms with Crippen molar-refractivity contribution in [1.29, 1.82) is 0 Å². The zero-order valence-corrected chi connectivity index (χ0v) is 12.8. The van der Waals surface area contributed by atoms with Gasteiger partial charge < -0.3 is 9.84 Å². The average Bonchev–Trinajstić information content (AvgIpc) is 2.58. The predicted molar refractivity (Wildman–Crippen MR) is 85.7 cm³/mol. The quantitative estimate of drug-likeness (QED) is 0.629. The molecule has 0 aromatic heterocycles. The standard InChI is InChI=1S/C17H15FN2O4/c1-11(12-5-4-6-13(9-12)24-10-16(21)22)19-20-17(23)14-7-2-3-8-15(14)18/h2-9H,10H2,1H3,(H,20,23)(H,21,22)/b19-11-. The molecule has 2 aromatic rings. The van der Waals surface area contributed by atoms with Crippen LogP contribution in [0.2, 0.25) is 0 Å². The van der Waals surface area contributed by atoms with Gasteiger partial charge in [-0.05, 0) is 31.2 Å². The number of hydrogen-bond donors (Lipinski definition) is 2. The van der Waals surface area contributed by atoms with Crippen molar-refractivity contribution in [2.75, 3.05) is 6.61 Å². The van der Waals surface area contributed by atoms with Crippen molar-refractivity contribution in [3.8, 4) is 5.75 Å². The molecule has 0 saturated carbocycles. The first kappa shape index (κ1) is 17.1. The maximum Gasteiger partial charge on any atom is 0.341 e. The summed E-state index contributed by atoms with van der Waals surface area (Å²) in [4.78, 5) is 22.4. The summed E-state index contributed by atoms with van der Waals surface area (Å²) < 4.78 is 18.6. The number of rotatable bonds is 6. The van der Waals surface area contributed by atoms with E-state index in [1.54, 1.807) is 37.3 Å². The Morgan fingerprint density at radius 3 is 2.67 bits per heavy atom. The Balaban J connectivity index is 2.08. The van der Waals surface area contributed by atoms with Crippen molar-refractivity contribution in [2.45, 2.75) is 6.92 Å². The Labute approximate surface area is 137 Å². The topological polar surface area (TPSA) is 88.0 Å². The number of halogens is 1. The molecule has 0 fully saturated rings. The van der Waals surface area contributed by atoms with E-state index in [0.29, 0.717) is 17.0 Å². The highest BCUT2D eigenvalue weighted by Gasteiger charge is 2.10. The van der Waals surface area contributed by atoms with Crippen LogP contribution in [-0.4, -0.2) is 29.3 Å². The van der Waals surface area contributed by atoms with Crippen LogP contribution in [0.25, 0.3) is 0 Å². The highest BCUT2D eigenvalue weighted by atomic mass is 19.1. The fourth-order valence-electron chi connectivity index (χ4n) is 1.86. The maximum absolute atomic E-state index is 13.5. The van der Waals surface area contributed by atoms with Gasteiger partial charge in [0.15, 0.2) is 6.61 Å². The molecule has 0 atom stereocenters. The summed E-state index contributed by atoms with van der Waals surface area (Å²) in [5, 5.41) is 12.5. The van der Waals surface area contributed by atoms with Crippen molar-refractivity contribution in [3.63, 3.8) is 0 Å². The van der Waals surface area contributed by atoms with Crippen LogP contribution in [-0.2, 0) is 4.79 Å². The largest absolute Gasteiger partial charge is 0.482 e. The number of amides is 1. The van der Waals surface area contributed by atoms with Crippen LogP contribution in [0.1, 0.15) is 22.8 Å². The van der Waals surface area contributed by atoms with Crippen LogP contribution in [0, 0.1) is 5.82 Å². The lowest BCUT2D eigenvalue weighted by atomic mass is 10.1. The van der Waals surface area contributed by atoms with Gasteiger partial charge in [0, 0.05) is 5.56 Å². The molecule has 124 valence electrons. The van der Waals surface area contributed by atoms with Gasteiger partial charge in [-0.15, -0.1) is 0 Å². The summed E-state index contributed by atoms with van der Waals surface area (Å²) in [6.07, 6.45) is 0. The van der Waals surface area contributed by atoms with Crippen LogP contribution in [0.15, 0.2) is 53.6 Å². The molecule has 1 amide bonds. The number of carboxylic acid groups (broad SMARTS) is 1. The van der Waals surface area contributed by atoms with E-state index in [2.05, 4.69) is 10.5 Å². The molecule has 0 aliphatic rings. The summed E-state index contributed by atoms with van der Waals surface area (Å²) in [6.45, 7) is 1.20. The molecule has 7 heteroatoms. The van der Waals surface area contributed by atoms with Crippen molar-refractivity contribution in [2.24, 2.45) is 5.10 Å². The molecule has 0 unspecified atom stereocenters. The molecular formula is C17H15FN2O4. The van der Waals surface area contributed by atoms with Crippen LogP contribution < -0.4 is 10.2 Å². The summed E-state index contributed by atoms with van der Waals surface area (Å²) in [5.74, 6) is -2.01. The van der Waals surface area contributed by atoms with E-state index in [4.69, 9.17) is 9.84 Å². The molecule has 24 heavy (non-hydrogen) atoms. The highest BCUT2D eigenvalue weighted by Crippen LogP contribution is 2.14. The SMILES string of the molecule is C/C(=N/NC(=O)c1ccccc1F)c1cccc(OCC(=O)O)c1. The molecule has 6 nitrogen and oxygen atoms in total. The van der Waals surface area contributed by atoms with Crippen LogP contribution in [0.5, 0.6) is 5.75 Å². The van der Waals surface area contributed by atoms with Gasteiger partial charge in [-0.2, -0.15) is 5.10 Å². The molecule has 0 saturated heterocycles. The van der Waals surface area contributed by atoms with E-state index < -0.39 is 24.3 Å².